The summed E-state index contributed by atoms with van der Waals surface area (Å²) in [7, 11) is 1.90. The van der Waals surface area contributed by atoms with Gasteiger partial charge < -0.3 is 4.90 Å². The van der Waals surface area contributed by atoms with Crippen molar-refractivity contribution in [3.8, 4) is 0 Å². The average molecular weight is 409 g/mol. The van der Waals surface area contributed by atoms with Gasteiger partial charge >= 0.3 is 0 Å². The molecular weight excluding hydrogens is 384 g/mol. The first-order chi connectivity index (χ1) is 15.2. The maximum absolute atomic E-state index is 13.8. The van der Waals surface area contributed by atoms with Crippen LogP contribution in [0.2, 0.25) is 0 Å². The highest BCUT2D eigenvalue weighted by Gasteiger charge is 2.62. The monoisotopic (exact) mass is 408 g/mol. The van der Waals surface area contributed by atoms with Crippen LogP contribution < -0.4 is 14.8 Å². The van der Waals surface area contributed by atoms with Crippen molar-refractivity contribution in [2.75, 3.05) is 21.9 Å². The van der Waals surface area contributed by atoms with Gasteiger partial charge in [0.25, 0.3) is 0 Å². The Hall–Kier alpha value is -3.60. The maximum atomic E-state index is 13.8. The van der Waals surface area contributed by atoms with Crippen molar-refractivity contribution in [1.82, 2.24) is 0 Å². The largest absolute Gasteiger partial charge is 0.313 e. The summed E-state index contributed by atoms with van der Waals surface area (Å²) < 4.78 is 0. The second-order valence-electron chi connectivity index (χ2n) is 8.48. The van der Waals surface area contributed by atoms with E-state index in [1.54, 1.807) is 0 Å². The molecule has 5 heteroatoms. The smallest absolute Gasteiger partial charge is 0.234 e. The molecule has 3 aliphatic rings. The maximum Gasteiger partial charge on any atom is 0.234 e. The average Bonchev–Trinajstić information content (AvgIpc) is 3.40. The zero-order valence-electron chi connectivity index (χ0n) is 17.5. The molecule has 1 saturated carbocycles. The number of hydrogen-bond donors (Lipinski definition) is 0. The first-order valence-electron chi connectivity index (χ1n) is 10.9. The molecule has 0 bridgehead atoms. The zero-order valence-corrected chi connectivity index (χ0v) is 17.5. The highest BCUT2D eigenvalue weighted by Crippen LogP contribution is 2.54. The summed E-state index contributed by atoms with van der Waals surface area (Å²) in [5.41, 5.74) is 3.48. The summed E-state index contributed by atoms with van der Waals surface area (Å²) in [6, 6.07) is 28.8. The molecule has 1 amide bonds. The molecule has 31 heavy (non-hydrogen) atoms. The Morgan fingerprint density at radius 1 is 0.871 bits per heavy atom. The Morgan fingerprint density at radius 3 is 2.26 bits per heavy atom. The van der Waals surface area contributed by atoms with Crippen molar-refractivity contribution in [2.45, 2.75) is 24.9 Å². The van der Waals surface area contributed by atoms with Gasteiger partial charge in [-0.15, -0.1) is 0 Å². The molecule has 1 fully saturated rings. The summed E-state index contributed by atoms with van der Waals surface area (Å²) in [6.45, 7) is 0. The number of amides is 1. The lowest BCUT2D eigenvalue weighted by Crippen LogP contribution is -2.60. The van der Waals surface area contributed by atoms with Crippen LogP contribution in [-0.2, 0) is 4.79 Å². The SMILES string of the molecule is CN1C(=O)[C@H]2CCC[C@]23N(c2ccccc2)N=C(c2ccccc2)N3c2ccccc21. The predicted octanol–water partition coefficient (Wildman–Crippen LogP) is 4.85. The highest BCUT2D eigenvalue weighted by atomic mass is 16.2. The molecule has 0 N–H and O–H groups in total. The normalized spacial score (nSPS) is 24.4. The van der Waals surface area contributed by atoms with E-state index in [0.717, 1.165) is 47.7 Å². The Labute approximate surface area is 182 Å². The summed E-state index contributed by atoms with van der Waals surface area (Å²) in [5.74, 6) is 0.889. The molecular formula is C26H24N4O. The summed E-state index contributed by atoms with van der Waals surface area (Å²) >= 11 is 0. The lowest BCUT2D eigenvalue weighted by molar-refractivity contribution is -0.123. The third-order valence-electron chi connectivity index (χ3n) is 6.90. The summed E-state index contributed by atoms with van der Waals surface area (Å²) in [6.07, 6.45) is 2.72. The van der Waals surface area contributed by atoms with Gasteiger partial charge in [-0.1, -0.05) is 60.7 Å². The first-order valence-corrected chi connectivity index (χ1v) is 10.9. The van der Waals surface area contributed by atoms with Gasteiger partial charge in [0.2, 0.25) is 5.91 Å². The molecule has 0 radical (unpaired) electrons. The van der Waals surface area contributed by atoms with Gasteiger partial charge in [0.1, 0.15) is 0 Å². The number of hydrazone groups is 1. The van der Waals surface area contributed by atoms with Crippen molar-refractivity contribution < 1.29 is 4.79 Å². The van der Waals surface area contributed by atoms with Crippen molar-refractivity contribution >= 4 is 28.8 Å². The van der Waals surface area contributed by atoms with Crippen molar-refractivity contribution in [3.05, 3.63) is 90.5 Å². The molecule has 2 atom stereocenters. The number of carbonyl (C=O) groups is 1. The van der Waals surface area contributed by atoms with E-state index in [2.05, 4.69) is 40.2 Å². The molecule has 0 saturated heterocycles. The predicted molar refractivity (Wildman–Crippen MR) is 124 cm³/mol. The van der Waals surface area contributed by atoms with E-state index >= 15 is 0 Å². The van der Waals surface area contributed by atoms with E-state index in [-0.39, 0.29) is 11.8 Å². The van der Waals surface area contributed by atoms with Crippen LogP contribution in [0, 0.1) is 5.92 Å². The summed E-state index contributed by atoms with van der Waals surface area (Å²) in [5, 5.41) is 7.34. The van der Waals surface area contributed by atoms with E-state index in [0.29, 0.717) is 0 Å². The molecule has 3 aromatic rings. The van der Waals surface area contributed by atoms with Crippen LogP contribution in [-0.4, -0.2) is 24.5 Å². The Morgan fingerprint density at radius 2 is 1.52 bits per heavy atom. The number of rotatable bonds is 2. The lowest BCUT2D eigenvalue weighted by Gasteiger charge is -2.44. The standard InChI is InChI=1S/C26H24N4O/c1-28-22-16-8-9-17-23(22)29-24(19-11-4-2-5-12-19)27-30(20-13-6-3-7-14-20)26(29)18-10-15-21(26)25(28)31/h2-9,11-14,16-17,21H,10,15,18H2,1H3/t21-,26+/m1/s1. The molecule has 2 heterocycles. The van der Waals surface area contributed by atoms with Crippen molar-refractivity contribution in [2.24, 2.45) is 11.0 Å². The fraction of sp³-hybridized carbons (Fsp3) is 0.231. The first kappa shape index (κ1) is 18.2. The molecule has 5 nitrogen and oxygen atoms in total. The third kappa shape index (κ3) is 2.43. The van der Waals surface area contributed by atoms with Gasteiger partial charge in [0, 0.05) is 12.6 Å². The van der Waals surface area contributed by atoms with Crippen LogP contribution in [0.4, 0.5) is 17.1 Å². The molecule has 3 aromatic carbocycles. The van der Waals surface area contributed by atoms with E-state index in [4.69, 9.17) is 5.10 Å². The highest BCUT2D eigenvalue weighted by molar-refractivity contribution is 6.18. The Balaban J connectivity index is 1.67. The second kappa shape index (κ2) is 6.71. The number of anilines is 3. The van der Waals surface area contributed by atoms with Crippen LogP contribution in [0.3, 0.4) is 0 Å². The number of fused-ring (bicyclic) bond motifs is 2. The minimum atomic E-state index is -0.551. The van der Waals surface area contributed by atoms with Crippen LogP contribution in [0.1, 0.15) is 24.8 Å². The van der Waals surface area contributed by atoms with Crippen LogP contribution >= 0.6 is 0 Å². The quantitative estimate of drug-likeness (QED) is 0.609. The molecule has 1 aliphatic carbocycles. The third-order valence-corrected chi connectivity index (χ3v) is 6.90. The topological polar surface area (TPSA) is 39.2 Å². The molecule has 154 valence electrons. The number of carbonyl (C=O) groups excluding carboxylic acids is 1. The number of nitrogens with zero attached hydrogens (tertiary/aromatic N) is 4. The molecule has 6 rings (SSSR count). The minimum Gasteiger partial charge on any atom is -0.313 e. The van der Waals surface area contributed by atoms with Gasteiger partial charge in [0.05, 0.1) is 23.0 Å². The van der Waals surface area contributed by atoms with E-state index in [1.807, 2.05) is 66.5 Å². The van der Waals surface area contributed by atoms with Gasteiger partial charge in [-0.3, -0.25) is 9.69 Å². The fourth-order valence-corrected chi connectivity index (χ4v) is 5.55. The van der Waals surface area contributed by atoms with E-state index in [9.17, 15) is 4.79 Å². The molecule has 1 spiro atoms. The Bertz CT molecular complexity index is 1180. The number of amidine groups is 1. The molecule has 2 aliphatic heterocycles. The van der Waals surface area contributed by atoms with Crippen LogP contribution in [0.5, 0.6) is 0 Å². The van der Waals surface area contributed by atoms with Gasteiger partial charge in [0.15, 0.2) is 11.5 Å². The second-order valence-corrected chi connectivity index (χ2v) is 8.48. The van der Waals surface area contributed by atoms with E-state index < -0.39 is 5.66 Å². The number of hydrogen-bond acceptors (Lipinski definition) is 4. The molecule has 0 unspecified atom stereocenters. The Kier molecular flexibility index (Phi) is 3.93. The number of para-hydroxylation sites is 3. The zero-order chi connectivity index (χ0) is 21.0. The van der Waals surface area contributed by atoms with Gasteiger partial charge in [-0.05, 0) is 43.5 Å². The van der Waals surface area contributed by atoms with Gasteiger partial charge in [-0.2, -0.15) is 5.10 Å². The number of benzene rings is 3. The van der Waals surface area contributed by atoms with Crippen LogP contribution in [0.25, 0.3) is 0 Å². The lowest BCUT2D eigenvalue weighted by atomic mass is 9.91. The molecule has 0 aromatic heterocycles. The van der Waals surface area contributed by atoms with Crippen molar-refractivity contribution in [1.29, 1.82) is 0 Å². The fourth-order valence-electron chi connectivity index (χ4n) is 5.55. The van der Waals surface area contributed by atoms with Gasteiger partial charge in [-0.25, -0.2) is 5.01 Å². The van der Waals surface area contributed by atoms with Crippen molar-refractivity contribution in [3.63, 3.8) is 0 Å². The minimum absolute atomic E-state index is 0.165. The summed E-state index contributed by atoms with van der Waals surface area (Å²) in [4.78, 5) is 18.0. The van der Waals surface area contributed by atoms with Crippen LogP contribution in [0.15, 0.2) is 90.0 Å². The van der Waals surface area contributed by atoms with E-state index in [1.165, 1.54) is 0 Å².